The van der Waals surface area contributed by atoms with Crippen LogP contribution < -0.4 is 5.73 Å². The number of benzene rings is 1. The van der Waals surface area contributed by atoms with Gasteiger partial charge in [0, 0.05) is 5.57 Å². The van der Waals surface area contributed by atoms with Gasteiger partial charge in [0.1, 0.15) is 17.4 Å². The lowest BCUT2D eigenvalue weighted by atomic mass is 9.81. The normalized spacial score (nSPS) is 18.9. The van der Waals surface area contributed by atoms with Gasteiger partial charge in [-0.1, -0.05) is 30.3 Å². The smallest absolute Gasteiger partial charge is 0.205 e. The quantitative estimate of drug-likeness (QED) is 0.878. The Hall–Kier alpha value is -2.54. The molecule has 96 valence electrons. The van der Waals surface area contributed by atoms with Crippen molar-refractivity contribution in [1.29, 1.82) is 5.26 Å². The molecule has 0 radical (unpaired) electrons. The van der Waals surface area contributed by atoms with Crippen LogP contribution in [0, 0.1) is 11.3 Å². The SMILES string of the molecule is CC(=O)C1=C(C)OC(N)=C(C#N)C1c1ccccc1. The number of allylic oxidation sites excluding steroid dienone is 3. The molecule has 0 saturated heterocycles. The second-order valence-corrected chi connectivity index (χ2v) is 4.36. The Bertz CT molecular complexity index is 621. The maximum Gasteiger partial charge on any atom is 0.205 e. The molecule has 0 fully saturated rings. The van der Waals surface area contributed by atoms with Crippen molar-refractivity contribution in [1.82, 2.24) is 0 Å². The standard InChI is InChI=1S/C15H14N2O2/c1-9(18)13-10(2)19-15(17)12(8-16)14(13)11-6-4-3-5-7-11/h3-7,14H,17H2,1-2H3. The van der Waals surface area contributed by atoms with Crippen molar-refractivity contribution in [3.63, 3.8) is 0 Å². The van der Waals surface area contributed by atoms with Gasteiger partial charge in [-0.15, -0.1) is 0 Å². The molecule has 2 N–H and O–H groups in total. The van der Waals surface area contributed by atoms with Crippen molar-refractivity contribution in [2.45, 2.75) is 19.8 Å². The molecule has 0 aliphatic carbocycles. The van der Waals surface area contributed by atoms with Gasteiger partial charge in [0.05, 0.1) is 5.92 Å². The van der Waals surface area contributed by atoms with E-state index in [0.29, 0.717) is 11.3 Å². The van der Waals surface area contributed by atoms with Crippen LogP contribution in [0.4, 0.5) is 0 Å². The average Bonchev–Trinajstić information content (AvgIpc) is 2.38. The van der Waals surface area contributed by atoms with E-state index in [2.05, 4.69) is 6.07 Å². The summed E-state index contributed by atoms with van der Waals surface area (Å²) in [5, 5.41) is 9.28. The Kier molecular flexibility index (Phi) is 3.39. The first-order valence-corrected chi connectivity index (χ1v) is 5.90. The summed E-state index contributed by atoms with van der Waals surface area (Å²) in [5.41, 5.74) is 7.38. The van der Waals surface area contributed by atoms with Crippen molar-refractivity contribution in [3.8, 4) is 6.07 Å². The van der Waals surface area contributed by atoms with Gasteiger partial charge in [0.2, 0.25) is 5.88 Å². The van der Waals surface area contributed by atoms with Crippen molar-refractivity contribution in [2.75, 3.05) is 0 Å². The highest BCUT2D eigenvalue weighted by molar-refractivity contribution is 5.96. The summed E-state index contributed by atoms with van der Waals surface area (Å²) in [6, 6.07) is 11.4. The number of ether oxygens (including phenoxy) is 1. The predicted octanol–water partition coefficient (Wildman–Crippen LogP) is 2.36. The van der Waals surface area contributed by atoms with E-state index >= 15 is 0 Å². The molecular formula is C15H14N2O2. The van der Waals surface area contributed by atoms with Gasteiger partial charge in [-0.3, -0.25) is 4.79 Å². The predicted molar refractivity (Wildman–Crippen MR) is 70.5 cm³/mol. The number of nitrogens with zero attached hydrogens (tertiary/aromatic N) is 1. The van der Waals surface area contributed by atoms with Gasteiger partial charge in [-0.05, 0) is 19.4 Å². The summed E-state index contributed by atoms with van der Waals surface area (Å²) in [5.74, 6) is -0.0410. The largest absolute Gasteiger partial charge is 0.445 e. The molecular weight excluding hydrogens is 240 g/mol. The zero-order chi connectivity index (χ0) is 14.0. The molecule has 1 unspecified atom stereocenters. The van der Waals surface area contributed by atoms with Gasteiger partial charge in [0.25, 0.3) is 0 Å². The molecule has 1 aliphatic rings. The Morgan fingerprint density at radius 1 is 1.37 bits per heavy atom. The topological polar surface area (TPSA) is 76.1 Å². The lowest BCUT2D eigenvalue weighted by molar-refractivity contribution is -0.114. The first kappa shape index (κ1) is 12.9. The fourth-order valence-corrected chi connectivity index (χ4v) is 2.31. The highest BCUT2D eigenvalue weighted by Gasteiger charge is 2.33. The van der Waals surface area contributed by atoms with Gasteiger partial charge in [-0.2, -0.15) is 5.26 Å². The number of carbonyl (C=O) groups is 1. The summed E-state index contributed by atoms with van der Waals surface area (Å²) < 4.78 is 5.31. The maximum absolute atomic E-state index is 11.9. The van der Waals surface area contributed by atoms with Crippen molar-refractivity contribution >= 4 is 5.78 Å². The molecule has 0 saturated carbocycles. The molecule has 0 spiro atoms. The Balaban J connectivity index is 2.65. The Labute approximate surface area is 111 Å². The molecule has 1 aromatic rings. The number of ketones is 1. The molecule has 4 heteroatoms. The third kappa shape index (κ3) is 2.23. The lowest BCUT2D eigenvalue weighted by Crippen LogP contribution is -2.23. The third-order valence-electron chi connectivity index (χ3n) is 3.12. The van der Waals surface area contributed by atoms with Gasteiger partial charge in [-0.25, -0.2) is 0 Å². The summed E-state index contributed by atoms with van der Waals surface area (Å²) in [7, 11) is 0. The molecule has 1 aliphatic heterocycles. The number of nitriles is 1. The molecule has 4 nitrogen and oxygen atoms in total. The van der Waals surface area contributed by atoms with E-state index in [4.69, 9.17) is 10.5 Å². The Morgan fingerprint density at radius 3 is 2.53 bits per heavy atom. The van der Waals surface area contributed by atoms with Crippen LogP contribution in [0.2, 0.25) is 0 Å². The van der Waals surface area contributed by atoms with E-state index in [1.54, 1.807) is 6.92 Å². The average molecular weight is 254 g/mol. The minimum Gasteiger partial charge on any atom is -0.445 e. The van der Waals surface area contributed by atoms with E-state index in [-0.39, 0.29) is 17.2 Å². The first-order chi connectivity index (χ1) is 9.06. The van der Waals surface area contributed by atoms with Gasteiger partial charge < -0.3 is 10.5 Å². The van der Waals surface area contributed by atoms with E-state index in [9.17, 15) is 10.1 Å². The van der Waals surface area contributed by atoms with Crippen LogP contribution in [0.5, 0.6) is 0 Å². The zero-order valence-electron chi connectivity index (χ0n) is 10.8. The maximum atomic E-state index is 11.9. The minimum absolute atomic E-state index is 0.0684. The molecule has 1 atom stereocenters. The van der Waals surface area contributed by atoms with E-state index < -0.39 is 5.92 Å². The molecule has 0 aromatic heterocycles. The molecule has 0 amide bonds. The molecule has 2 rings (SSSR count). The van der Waals surface area contributed by atoms with Gasteiger partial charge in [0.15, 0.2) is 5.78 Å². The third-order valence-corrected chi connectivity index (χ3v) is 3.12. The second-order valence-electron chi connectivity index (χ2n) is 4.36. The summed E-state index contributed by atoms with van der Waals surface area (Å²) >= 11 is 0. The van der Waals surface area contributed by atoms with E-state index in [1.165, 1.54) is 6.92 Å². The first-order valence-electron chi connectivity index (χ1n) is 5.90. The fraction of sp³-hybridized carbons (Fsp3) is 0.200. The van der Waals surface area contributed by atoms with Crippen LogP contribution in [-0.2, 0) is 9.53 Å². The fourth-order valence-electron chi connectivity index (χ4n) is 2.31. The van der Waals surface area contributed by atoms with Crippen LogP contribution in [0.25, 0.3) is 0 Å². The molecule has 1 heterocycles. The molecule has 0 bridgehead atoms. The number of rotatable bonds is 2. The van der Waals surface area contributed by atoms with Crippen LogP contribution in [-0.4, -0.2) is 5.78 Å². The highest BCUT2D eigenvalue weighted by atomic mass is 16.5. The van der Waals surface area contributed by atoms with Crippen molar-refractivity contribution in [3.05, 3.63) is 58.7 Å². The van der Waals surface area contributed by atoms with Crippen molar-refractivity contribution in [2.24, 2.45) is 5.73 Å². The number of nitrogens with two attached hydrogens (primary N) is 1. The summed E-state index contributed by atoms with van der Waals surface area (Å²) in [6.07, 6.45) is 0. The number of Topliss-reactive ketones (excluding diaryl/α,β-unsaturated/α-hetero) is 1. The lowest BCUT2D eigenvalue weighted by Gasteiger charge is -2.26. The van der Waals surface area contributed by atoms with Gasteiger partial charge >= 0.3 is 0 Å². The summed E-state index contributed by atoms with van der Waals surface area (Å²) in [4.78, 5) is 11.9. The van der Waals surface area contributed by atoms with E-state index in [0.717, 1.165) is 5.56 Å². The zero-order valence-corrected chi connectivity index (χ0v) is 10.8. The molecule has 19 heavy (non-hydrogen) atoms. The number of carbonyl (C=O) groups excluding carboxylic acids is 1. The van der Waals surface area contributed by atoms with Crippen LogP contribution in [0.15, 0.2) is 53.1 Å². The second kappa shape index (κ2) is 4.99. The number of hydrogen-bond acceptors (Lipinski definition) is 4. The number of hydrogen-bond donors (Lipinski definition) is 1. The van der Waals surface area contributed by atoms with E-state index in [1.807, 2.05) is 30.3 Å². The summed E-state index contributed by atoms with van der Waals surface area (Å²) in [6.45, 7) is 3.16. The van der Waals surface area contributed by atoms with Crippen LogP contribution in [0.3, 0.4) is 0 Å². The monoisotopic (exact) mass is 254 g/mol. The van der Waals surface area contributed by atoms with Crippen LogP contribution in [0.1, 0.15) is 25.3 Å². The molecule has 1 aromatic carbocycles. The highest BCUT2D eigenvalue weighted by Crippen LogP contribution is 2.38. The Morgan fingerprint density at radius 2 is 2.00 bits per heavy atom. The van der Waals surface area contributed by atoms with Crippen LogP contribution >= 0.6 is 0 Å². The van der Waals surface area contributed by atoms with Crippen molar-refractivity contribution < 1.29 is 9.53 Å². The minimum atomic E-state index is -0.447.